The first kappa shape index (κ1) is 22.5. The van der Waals surface area contributed by atoms with Crippen molar-refractivity contribution in [2.75, 3.05) is 25.2 Å². The van der Waals surface area contributed by atoms with Crippen LogP contribution in [0.5, 0.6) is 11.5 Å². The number of nitrogen functional groups attached to an aromatic ring is 1. The van der Waals surface area contributed by atoms with E-state index in [0.29, 0.717) is 6.26 Å². The summed E-state index contributed by atoms with van der Waals surface area (Å²) in [5.74, 6) is 1.84. The molecule has 0 aliphatic carbocycles. The average molecular weight is 417 g/mol. The van der Waals surface area contributed by atoms with Gasteiger partial charge in [-0.05, 0) is 55.0 Å². The number of ether oxygens (including phenoxy) is 2. The highest BCUT2D eigenvalue weighted by Crippen LogP contribution is 2.25. The Hall–Kier alpha value is -2.77. The van der Waals surface area contributed by atoms with Gasteiger partial charge in [-0.2, -0.15) is 0 Å². The van der Waals surface area contributed by atoms with E-state index < -0.39 is 10.1 Å². The van der Waals surface area contributed by atoms with Crippen molar-refractivity contribution in [2.45, 2.75) is 19.3 Å². The molecule has 0 saturated heterocycles. The molecule has 3 rings (SSSR count). The Morgan fingerprint density at radius 2 is 1.41 bits per heavy atom. The molecule has 7 heteroatoms. The van der Waals surface area contributed by atoms with Gasteiger partial charge < -0.3 is 19.8 Å². The monoisotopic (exact) mass is 416 g/mol. The van der Waals surface area contributed by atoms with Gasteiger partial charge in [0, 0.05) is 17.3 Å². The summed E-state index contributed by atoms with van der Waals surface area (Å²) < 4.78 is 38.9. The van der Waals surface area contributed by atoms with E-state index in [2.05, 4.69) is 18.2 Å². The highest BCUT2D eigenvalue weighted by molar-refractivity contribution is 7.84. The van der Waals surface area contributed by atoms with Crippen LogP contribution in [0.3, 0.4) is 0 Å². The smallest absolute Gasteiger partial charge is 0.127 e. The number of anilines is 1. The molecule has 0 fully saturated rings. The van der Waals surface area contributed by atoms with Crippen molar-refractivity contribution in [2.24, 2.45) is 0 Å². The van der Waals surface area contributed by atoms with E-state index in [1.54, 1.807) is 0 Å². The van der Waals surface area contributed by atoms with Gasteiger partial charge in [-0.15, -0.1) is 0 Å². The Bertz CT molecular complexity index is 974. The van der Waals surface area contributed by atoms with E-state index >= 15 is 0 Å². The maximum Gasteiger partial charge on any atom is 0.127 e. The van der Waals surface area contributed by atoms with Crippen LogP contribution in [0.25, 0.3) is 10.8 Å². The predicted octanol–water partition coefficient (Wildman–Crippen LogP) is 4.21. The van der Waals surface area contributed by atoms with E-state index in [1.807, 2.05) is 48.5 Å². The molecule has 6 nitrogen and oxygen atoms in total. The summed E-state index contributed by atoms with van der Waals surface area (Å²) in [7, 11) is -3.92. The molecule has 0 aliphatic heterocycles. The molecule has 29 heavy (non-hydrogen) atoms. The first-order valence-electron chi connectivity index (χ1n) is 9.33. The van der Waals surface area contributed by atoms with Crippen LogP contribution in [0.4, 0.5) is 5.69 Å². The molecular formula is C22H26NO5S-. The van der Waals surface area contributed by atoms with Gasteiger partial charge in [-0.1, -0.05) is 36.4 Å². The van der Waals surface area contributed by atoms with Crippen LogP contribution in [0.2, 0.25) is 0 Å². The molecule has 0 unspecified atom stereocenters. The van der Waals surface area contributed by atoms with Crippen molar-refractivity contribution < 1.29 is 22.4 Å². The van der Waals surface area contributed by atoms with Gasteiger partial charge in [0.2, 0.25) is 0 Å². The van der Waals surface area contributed by atoms with Crippen LogP contribution < -0.4 is 15.2 Å². The van der Waals surface area contributed by atoms with E-state index in [1.165, 1.54) is 10.8 Å². The third-order valence-corrected chi connectivity index (χ3v) is 3.94. The molecule has 0 atom stereocenters. The van der Waals surface area contributed by atoms with Crippen LogP contribution >= 0.6 is 0 Å². The lowest BCUT2D eigenvalue weighted by molar-refractivity contribution is 0.281. The fourth-order valence-corrected chi connectivity index (χ4v) is 2.64. The molecule has 0 spiro atoms. The average Bonchev–Trinajstić information content (AvgIpc) is 2.67. The quantitative estimate of drug-likeness (QED) is 0.335. The number of rotatable bonds is 8. The highest BCUT2D eigenvalue weighted by atomic mass is 32.2. The summed E-state index contributed by atoms with van der Waals surface area (Å²) in [6, 6.07) is 22.0. The third kappa shape index (κ3) is 9.32. The molecule has 0 bridgehead atoms. The van der Waals surface area contributed by atoms with E-state index in [9.17, 15) is 0 Å². The van der Waals surface area contributed by atoms with Crippen LogP contribution in [-0.2, 0) is 10.1 Å². The summed E-state index contributed by atoms with van der Waals surface area (Å²) >= 11 is 0. The first-order valence-corrected chi connectivity index (χ1v) is 11.1. The van der Waals surface area contributed by atoms with Gasteiger partial charge in [-0.3, -0.25) is 0 Å². The highest BCUT2D eigenvalue weighted by Gasteiger charge is 2.01. The van der Waals surface area contributed by atoms with Crippen molar-refractivity contribution in [3.63, 3.8) is 0 Å². The second-order valence-electron chi connectivity index (χ2n) is 6.51. The zero-order chi connectivity index (χ0) is 21.1. The Kier molecular flexibility index (Phi) is 8.76. The van der Waals surface area contributed by atoms with Crippen molar-refractivity contribution >= 4 is 26.6 Å². The van der Waals surface area contributed by atoms with Crippen molar-refractivity contribution in [1.82, 2.24) is 0 Å². The summed E-state index contributed by atoms with van der Waals surface area (Å²) in [6.07, 6.45) is 3.73. The molecule has 156 valence electrons. The molecule has 0 aromatic heterocycles. The summed E-state index contributed by atoms with van der Waals surface area (Å²) in [6.45, 7) is 1.45. The molecule has 3 aromatic rings. The lowest BCUT2D eigenvalue weighted by Gasteiger charge is -2.09. The number of hydrogen-bond donors (Lipinski definition) is 1. The minimum atomic E-state index is -3.92. The second kappa shape index (κ2) is 11.3. The van der Waals surface area contributed by atoms with Crippen LogP contribution in [-0.4, -0.2) is 32.4 Å². The molecule has 3 aromatic carbocycles. The summed E-state index contributed by atoms with van der Waals surface area (Å²) in [5, 5.41) is 2.39. The second-order valence-corrected chi connectivity index (χ2v) is 7.92. The van der Waals surface area contributed by atoms with Crippen molar-refractivity contribution in [3.8, 4) is 11.5 Å². The number of fused-ring (bicyclic) bond motifs is 1. The van der Waals surface area contributed by atoms with Crippen molar-refractivity contribution in [1.29, 1.82) is 0 Å². The molecule has 0 amide bonds. The molecule has 0 aliphatic rings. The Morgan fingerprint density at radius 3 is 2.10 bits per heavy atom. The fourth-order valence-electron chi connectivity index (χ4n) is 2.64. The SMILES string of the molecule is CS(=O)(=O)[O-].Nc1ccc(OCCCCCOc2cccc3ccccc23)cc1. The Labute approximate surface area is 172 Å². The summed E-state index contributed by atoms with van der Waals surface area (Å²) in [5.41, 5.74) is 6.41. The van der Waals surface area contributed by atoms with Gasteiger partial charge >= 0.3 is 0 Å². The maximum atomic E-state index is 9.08. The first-order chi connectivity index (χ1) is 13.8. The number of hydrogen-bond acceptors (Lipinski definition) is 6. The number of unbranched alkanes of at least 4 members (excludes halogenated alkanes) is 2. The van der Waals surface area contributed by atoms with Gasteiger partial charge in [0.15, 0.2) is 0 Å². The Balaban J connectivity index is 0.000000537. The minimum Gasteiger partial charge on any atom is -0.748 e. The lowest BCUT2D eigenvalue weighted by atomic mass is 10.1. The molecule has 2 N–H and O–H groups in total. The topological polar surface area (TPSA) is 102 Å². The standard InChI is InChI=1S/C21H23NO2.CH4O3S/c22-18-11-13-19(14-12-18)23-15-4-1-5-16-24-21-10-6-8-17-7-2-3-9-20(17)21;1-5(2,3)4/h2-3,6-14H,1,4-5,15-16,22H2;1H3,(H,2,3,4)/p-1. The minimum absolute atomic E-state index is 0.604. The third-order valence-electron chi connectivity index (χ3n) is 3.94. The van der Waals surface area contributed by atoms with E-state index in [0.717, 1.165) is 49.7 Å². The maximum absolute atomic E-state index is 9.08. The van der Waals surface area contributed by atoms with Gasteiger partial charge in [0.25, 0.3) is 0 Å². The van der Waals surface area contributed by atoms with Crippen LogP contribution in [0, 0.1) is 0 Å². The predicted molar refractivity (Wildman–Crippen MR) is 115 cm³/mol. The molecule has 0 saturated carbocycles. The molecule has 0 heterocycles. The van der Waals surface area contributed by atoms with Gasteiger partial charge in [0.05, 0.1) is 23.3 Å². The van der Waals surface area contributed by atoms with E-state index in [4.69, 9.17) is 28.2 Å². The molecule has 0 radical (unpaired) electrons. The van der Waals surface area contributed by atoms with Gasteiger partial charge in [0.1, 0.15) is 11.5 Å². The van der Waals surface area contributed by atoms with Crippen LogP contribution in [0.1, 0.15) is 19.3 Å². The van der Waals surface area contributed by atoms with Gasteiger partial charge in [-0.25, -0.2) is 8.42 Å². The van der Waals surface area contributed by atoms with Crippen molar-refractivity contribution in [3.05, 3.63) is 66.7 Å². The molecular weight excluding hydrogens is 390 g/mol. The lowest BCUT2D eigenvalue weighted by Crippen LogP contribution is -2.01. The zero-order valence-electron chi connectivity index (χ0n) is 16.4. The number of benzene rings is 3. The van der Waals surface area contributed by atoms with Crippen LogP contribution in [0.15, 0.2) is 66.7 Å². The fraction of sp³-hybridized carbons (Fsp3) is 0.273. The van der Waals surface area contributed by atoms with E-state index in [-0.39, 0.29) is 0 Å². The normalized spacial score (nSPS) is 10.8. The Morgan fingerprint density at radius 1 is 0.828 bits per heavy atom. The summed E-state index contributed by atoms with van der Waals surface area (Å²) in [4.78, 5) is 0. The largest absolute Gasteiger partial charge is 0.748 e. The zero-order valence-corrected chi connectivity index (χ0v) is 17.2. The number of nitrogens with two attached hydrogens (primary N) is 1.